The van der Waals surface area contributed by atoms with Crippen LogP contribution < -0.4 is 0 Å². The second-order valence-corrected chi connectivity index (χ2v) is 8.82. The van der Waals surface area contributed by atoms with E-state index in [0.29, 0.717) is 11.0 Å². The lowest BCUT2D eigenvalue weighted by Crippen LogP contribution is -2.48. The molecule has 4 aliphatic carbocycles. The van der Waals surface area contributed by atoms with Crippen molar-refractivity contribution in [2.24, 2.45) is 22.7 Å². The van der Waals surface area contributed by atoms with E-state index in [4.69, 9.17) is 0 Å². The van der Waals surface area contributed by atoms with Gasteiger partial charge in [0.2, 0.25) is 0 Å². The van der Waals surface area contributed by atoms with Crippen molar-refractivity contribution < 1.29 is 4.92 Å². The molecule has 4 saturated carbocycles. The van der Waals surface area contributed by atoms with Crippen molar-refractivity contribution >= 4 is 17.6 Å². The van der Waals surface area contributed by atoms with Crippen LogP contribution in [-0.2, 0) is 5.41 Å². The Morgan fingerprint density at radius 3 is 2.11 bits per heavy atom. The minimum atomic E-state index is -0.364. The van der Waals surface area contributed by atoms with Gasteiger partial charge in [0.05, 0.1) is 16.2 Å². The van der Waals surface area contributed by atoms with Crippen LogP contribution in [0.1, 0.15) is 49.7 Å². The second kappa shape index (κ2) is 6.29. The first-order valence-electron chi connectivity index (χ1n) is 9.99. The largest absolute Gasteiger partial charge is 0.278 e. The summed E-state index contributed by atoms with van der Waals surface area (Å²) in [6.45, 7) is 0. The summed E-state index contributed by atoms with van der Waals surface area (Å²) >= 11 is 0. The van der Waals surface area contributed by atoms with Gasteiger partial charge in [-0.25, -0.2) is 0 Å². The van der Waals surface area contributed by atoms with Crippen molar-refractivity contribution in [2.45, 2.75) is 43.9 Å². The topological polar surface area (TPSA) is 55.5 Å². The van der Waals surface area contributed by atoms with Crippen LogP contribution in [0.25, 0.3) is 0 Å². The van der Waals surface area contributed by atoms with Gasteiger partial charge in [-0.1, -0.05) is 24.3 Å². The van der Waals surface area contributed by atoms with E-state index >= 15 is 0 Å². The fraction of sp³-hybridized carbons (Fsp3) is 0.435. The molecule has 0 amide bonds. The molecule has 0 aromatic heterocycles. The Morgan fingerprint density at radius 2 is 1.52 bits per heavy atom. The van der Waals surface area contributed by atoms with Gasteiger partial charge in [-0.15, -0.1) is 0 Å². The normalized spacial score (nSPS) is 31.5. The number of nitrogens with zero attached hydrogens (tertiary/aromatic N) is 2. The second-order valence-electron chi connectivity index (χ2n) is 8.82. The summed E-state index contributed by atoms with van der Waals surface area (Å²) in [6, 6.07) is 15.3. The van der Waals surface area contributed by atoms with Crippen molar-refractivity contribution in [3.8, 4) is 0 Å². The maximum atomic E-state index is 11.1. The molecule has 2 aromatic carbocycles. The minimum Gasteiger partial charge on any atom is -0.258 e. The van der Waals surface area contributed by atoms with Crippen LogP contribution in [0.15, 0.2) is 53.5 Å². The summed E-state index contributed by atoms with van der Waals surface area (Å²) < 4.78 is 0. The van der Waals surface area contributed by atoms with E-state index in [0.717, 1.165) is 23.4 Å². The SMILES string of the molecule is O=[N+]([O-])c1ccccc1C=Nc1ccc(C23CC4CC(CC(C4)C2)C3)cc1. The van der Waals surface area contributed by atoms with E-state index in [-0.39, 0.29) is 10.6 Å². The Morgan fingerprint density at radius 1 is 0.926 bits per heavy atom. The molecule has 4 nitrogen and oxygen atoms in total. The Kier molecular flexibility index (Phi) is 3.88. The first-order chi connectivity index (χ1) is 13.1. The summed E-state index contributed by atoms with van der Waals surface area (Å²) in [5.41, 5.74) is 3.35. The number of nitro benzene ring substituents is 1. The Balaban J connectivity index is 1.38. The number of nitro groups is 1. The highest BCUT2D eigenvalue weighted by Crippen LogP contribution is 2.60. The molecule has 0 aliphatic heterocycles. The van der Waals surface area contributed by atoms with Crippen LogP contribution in [0.5, 0.6) is 0 Å². The lowest BCUT2D eigenvalue weighted by Gasteiger charge is -2.57. The maximum absolute atomic E-state index is 11.1. The van der Waals surface area contributed by atoms with E-state index in [1.807, 2.05) is 0 Å². The molecule has 0 saturated heterocycles. The van der Waals surface area contributed by atoms with Crippen LogP contribution in [0.3, 0.4) is 0 Å². The highest BCUT2D eigenvalue weighted by Gasteiger charge is 2.51. The molecule has 138 valence electrons. The molecule has 2 aromatic rings. The summed E-state index contributed by atoms with van der Waals surface area (Å²) in [4.78, 5) is 15.2. The third kappa shape index (κ3) is 2.97. The summed E-state index contributed by atoms with van der Waals surface area (Å²) in [6.07, 6.45) is 10.0. The predicted octanol–water partition coefficient (Wildman–Crippen LogP) is 5.81. The number of hydrogen-bond donors (Lipinski definition) is 0. The molecule has 0 heterocycles. The molecule has 4 bridgehead atoms. The molecule has 0 unspecified atom stereocenters. The van der Waals surface area contributed by atoms with Crippen molar-refractivity contribution in [3.05, 3.63) is 69.8 Å². The summed E-state index contributed by atoms with van der Waals surface area (Å²) in [7, 11) is 0. The summed E-state index contributed by atoms with van der Waals surface area (Å²) in [5, 5.41) is 11.1. The lowest BCUT2D eigenvalue weighted by atomic mass is 9.48. The first-order valence-corrected chi connectivity index (χ1v) is 9.99. The highest BCUT2D eigenvalue weighted by atomic mass is 16.6. The Labute approximate surface area is 159 Å². The molecule has 27 heavy (non-hydrogen) atoms. The van der Waals surface area contributed by atoms with E-state index in [1.165, 1.54) is 50.2 Å². The molecule has 0 atom stereocenters. The van der Waals surface area contributed by atoms with Gasteiger partial charge in [0, 0.05) is 12.3 Å². The van der Waals surface area contributed by atoms with Gasteiger partial charge in [-0.2, -0.15) is 0 Å². The average Bonchev–Trinajstić information content (AvgIpc) is 2.66. The number of rotatable bonds is 4. The molecule has 0 radical (unpaired) electrons. The zero-order valence-electron chi connectivity index (χ0n) is 15.4. The lowest BCUT2D eigenvalue weighted by molar-refractivity contribution is -0.385. The van der Waals surface area contributed by atoms with E-state index in [1.54, 1.807) is 24.4 Å². The number of aliphatic imine (C=N–C) groups is 1. The molecule has 0 spiro atoms. The monoisotopic (exact) mass is 360 g/mol. The van der Waals surface area contributed by atoms with Crippen molar-refractivity contribution in [1.82, 2.24) is 0 Å². The molecule has 4 heteroatoms. The van der Waals surface area contributed by atoms with Gasteiger partial charge >= 0.3 is 0 Å². The van der Waals surface area contributed by atoms with Gasteiger partial charge in [0.1, 0.15) is 0 Å². The zero-order chi connectivity index (χ0) is 18.4. The Bertz CT molecular complexity index is 866. The fourth-order valence-corrected chi connectivity index (χ4v) is 6.27. The van der Waals surface area contributed by atoms with Crippen molar-refractivity contribution in [2.75, 3.05) is 0 Å². The number of para-hydroxylation sites is 1. The summed E-state index contributed by atoms with van der Waals surface area (Å²) in [5.74, 6) is 2.81. The standard InChI is InChI=1S/C23H24N2O2/c26-25(27)22-4-2-1-3-19(22)15-24-21-7-5-20(6-8-21)23-12-16-9-17(13-23)11-18(10-16)14-23/h1-8,15-18H,9-14H2. The molecule has 0 N–H and O–H groups in total. The fourth-order valence-electron chi connectivity index (χ4n) is 6.27. The van der Waals surface area contributed by atoms with Gasteiger partial charge in [0.15, 0.2) is 0 Å². The van der Waals surface area contributed by atoms with Crippen LogP contribution in [-0.4, -0.2) is 11.1 Å². The Hall–Kier alpha value is -2.49. The highest BCUT2D eigenvalue weighted by molar-refractivity contribution is 5.86. The van der Waals surface area contributed by atoms with Gasteiger partial charge in [-0.3, -0.25) is 15.1 Å². The molecule has 4 aliphatic rings. The van der Waals surface area contributed by atoms with Crippen LogP contribution in [0.2, 0.25) is 0 Å². The molecule has 6 rings (SSSR count). The molecular formula is C23H24N2O2. The van der Waals surface area contributed by atoms with Crippen LogP contribution >= 0.6 is 0 Å². The number of benzene rings is 2. The zero-order valence-corrected chi connectivity index (χ0v) is 15.4. The van der Waals surface area contributed by atoms with Crippen LogP contribution in [0, 0.1) is 27.9 Å². The maximum Gasteiger partial charge on any atom is 0.278 e. The van der Waals surface area contributed by atoms with E-state index in [2.05, 4.69) is 29.3 Å². The number of hydrogen-bond acceptors (Lipinski definition) is 3. The van der Waals surface area contributed by atoms with E-state index < -0.39 is 0 Å². The van der Waals surface area contributed by atoms with Gasteiger partial charge < -0.3 is 0 Å². The van der Waals surface area contributed by atoms with Crippen molar-refractivity contribution in [3.63, 3.8) is 0 Å². The van der Waals surface area contributed by atoms with Crippen molar-refractivity contribution in [1.29, 1.82) is 0 Å². The molecular weight excluding hydrogens is 336 g/mol. The first kappa shape index (κ1) is 16.7. The third-order valence-electron chi connectivity index (χ3n) is 7.00. The predicted molar refractivity (Wildman–Crippen MR) is 107 cm³/mol. The molecule has 4 fully saturated rings. The minimum absolute atomic E-state index is 0.0893. The van der Waals surface area contributed by atoms with Crippen LogP contribution in [0.4, 0.5) is 11.4 Å². The van der Waals surface area contributed by atoms with Gasteiger partial charge in [0.25, 0.3) is 5.69 Å². The van der Waals surface area contributed by atoms with E-state index in [9.17, 15) is 10.1 Å². The quantitative estimate of drug-likeness (QED) is 0.392. The van der Waals surface area contributed by atoms with Gasteiger partial charge in [-0.05, 0) is 85.5 Å². The third-order valence-corrected chi connectivity index (χ3v) is 7.00. The smallest absolute Gasteiger partial charge is 0.258 e. The average molecular weight is 360 g/mol.